The van der Waals surface area contributed by atoms with Gasteiger partial charge in [0.05, 0.1) is 13.1 Å². The van der Waals surface area contributed by atoms with Crippen molar-refractivity contribution in [3.63, 3.8) is 0 Å². The summed E-state index contributed by atoms with van der Waals surface area (Å²) in [5.74, 6) is 1.07. The van der Waals surface area contributed by atoms with Crippen LogP contribution in [-0.2, 0) is 17.9 Å². The summed E-state index contributed by atoms with van der Waals surface area (Å²) in [7, 11) is 0. The Morgan fingerprint density at radius 1 is 1.00 bits per heavy atom. The Kier molecular flexibility index (Phi) is 5.73. The highest BCUT2D eigenvalue weighted by Gasteiger charge is 2.34. The summed E-state index contributed by atoms with van der Waals surface area (Å²) in [5.41, 5.74) is 3.33. The minimum atomic E-state index is -0.105. The Morgan fingerprint density at radius 3 is 2.48 bits per heavy atom. The molecule has 0 aromatic heterocycles. The zero-order chi connectivity index (χ0) is 22.8. The molecule has 33 heavy (non-hydrogen) atoms. The highest BCUT2D eigenvalue weighted by molar-refractivity contribution is 5.96. The Hall–Kier alpha value is -3.80. The lowest BCUT2D eigenvalue weighted by Crippen LogP contribution is -2.32. The summed E-state index contributed by atoms with van der Waals surface area (Å²) in [6.45, 7) is 1.77. The second-order valence-corrected chi connectivity index (χ2v) is 8.60. The minimum absolute atomic E-state index is 0.105. The average Bonchev–Trinajstić information content (AvgIpc) is 3.70. The number of amides is 2. The first-order chi connectivity index (χ1) is 16.1. The third kappa shape index (κ3) is 4.70. The first kappa shape index (κ1) is 21.1. The number of fused-ring (bicyclic) bond motifs is 1. The van der Waals surface area contributed by atoms with E-state index in [1.165, 1.54) is 12.1 Å². The first-order valence-corrected chi connectivity index (χ1v) is 11.3. The number of hydrogen-bond acceptors (Lipinski definition) is 4. The van der Waals surface area contributed by atoms with Crippen molar-refractivity contribution >= 4 is 17.5 Å². The van der Waals surface area contributed by atoms with E-state index in [-0.39, 0.29) is 23.5 Å². The van der Waals surface area contributed by atoms with Gasteiger partial charge in [0.1, 0.15) is 18.1 Å². The highest BCUT2D eigenvalue weighted by Crippen LogP contribution is 2.34. The van der Waals surface area contributed by atoms with Crippen LogP contribution >= 0.6 is 0 Å². The van der Waals surface area contributed by atoms with Crippen molar-refractivity contribution in [3.05, 3.63) is 89.5 Å². The normalized spacial score (nSPS) is 15.2. The predicted molar refractivity (Wildman–Crippen MR) is 125 cm³/mol. The molecule has 6 heteroatoms. The van der Waals surface area contributed by atoms with E-state index in [9.17, 15) is 14.7 Å². The predicted octanol–water partition coefficient (Wildman–Crippen LogP) is 4.37. The Morgan fingerprint density at radius 2 is 1.76 bits per heavy atom. The molecule has 0 saturated heterocycles. The van der Waals surface area contributed by atoms with Gasteiger partial charge in [-0.05, 0) is 66.9 Å². The van der Waals surface area contributed by atoms with Crippen molar-refractivity contribution in [1.29, 1.82) is 0 Å². The zero-order valence-electron chi connectivity index (χ0n) is 18.3. The fraction of sp³-hybridized carbons (Fsp3) is 0.259. The van der Waals surface area contributed by atoms with Crippen LogP contribution in [0, 0.1) is 5.92 Å². The molecular formula is C27H26N2O4. The van der Waals surface area contributed by atoms with Crippen LogP contribution in [0.15, 0.2) is 72.8 Å². The molecule has 2 aliphatic rings. The van der Waals surface area contributed by atoms with Crippen LogP contribution in [0.2, 0.25) is 0 Å². The number of phenolic OH excluding ortho intramolecular Hbond substituents is 1. The average molecular weight is 443 g/mol. The lowest BCUT2D eigenvalue weighted by molar-refractivity contribution is -0.119. The first-order valence-electron chi connectivity index (χ1n) is 11.3. The second-order valence-electron chi connectivity index (χ2n) is 8.60. The Balaban J connectivity index is 1.38. The van der Waals surface area contributed by atoms with Gasteiger partial charge in [0.2, 0.25) is 5.91 Å². The molecule has 0 spiro atoms. The quantitative estimate of drug-likeness (QED) is 0.637. The molecule has 168 valence electrons. The molecule has 0 atom stereocenters. The number of ether oxygens (including phenoxy) is 1. The summed E-state index contributed by atoms with van der Waals surface area (Å²) in [4.78, 5) is 29.6. The monoisotopic (exact) mass is 442 g/mol. The summed E-state index contributed by atoms with van der Waals surface area (Å²) in [6, 6.07) is 22.0. The van der Waals surface area contributed by atoms with Gasteiger partial charge >= 0.3 is 0 Å². The Bertz CT molecular complexity index is 1160. The van der Waals surface area contributed by atoms with Crippen molar-refractivity contribution in [1.82, 2.24) is 4.90 Å². The maximum atomic E-state index is 13.0. The highest BCUT2D eigenvalue weighted by atomic mass is 16.5. The van der Waals surface area contributed by atoms with Crippen LogP contribution in [0.3, 0.4) is 0 Å². The van der Waals surface area contributed by atoms with Gasteiger partial charge in [0.25, 0.3) is 5.91 Å². The molecular weight excluding hydrogens is 416 g/mol. The topological polar surface area (TPSA) is 70.1 Å². The van der Waals surface area contributed by atoms with Crippen LogP contribution < -0.4 is 9.64 Å². The summed E-state index contributed by atoms with van der Waals surface area (Å²) < 4.78 is 5.91. The van der Waals surface area contributed by atoms with Gasteiger partial charge < -0.3 is 19.6 Å². The third-order valence-electron chi connectivity index (χ3n) is 6.11. The fourth-order valence-electron chi connectivity index (χ4n) is 4.14. The molecule has 3 aromatic carbocycles. The van der Waals surface area contributed by atoms with E-state index in [4.69, 9.17) is 4.74 Å². The summed E-state index contributed by atoms with van der Waals surface area (Å²) in [6.07, 6.45) is 1.91. The third-order valence-corrected chi connectivity index (χ3v) is 6.11. The van der Waals surface area contributed by atoms with E-state index in [0.717, 1.165) is 35.4 Å². The van der Waals surface area contributed by atoms with E-state index < -0.39 is 0 Å². The van der Waals surface area contributed by atoms with Gasteiger partial charge in [-0.2, -0.15) is 0 Å². The molecule has 6 nitrogen and oxygen atoms in total. The van der Waals surface area contributed by atoms with Crippen molar-refractivity contribution in [2.45, 2.75) is 25.9 Å². The van der Waals surface area contributed by atoms with Crippen LogP contribution in [-0.4, -0.2) is 35.0 Å². The molecule has 0 bridgehead atoms. The molecule has 1 aliphatic heterocycles. The number of rotatable bonds is 5. The number of para-hydroxylation sites is 1. The van der Waals surface area contributed by atoms with Gasteiger partial charge in [0.15, 0.2) is 0 Å². The second kappa shape index (κ2) is 8.98. The van der Waals surface area contributed by atoms with Crippen molar-refractivity contribution < 1.29 is 19.4 Å². The number of nitrogens with zero attached hydrogens (tertiary/aromatic N) is 2. The van der Waals surface area contributed by atoms with E-state index in [0.29, 0.717) is 31.8 Å². The Labute approximate surface area is 193 Å². The summed E-state index contributed by atoms with van der Waals surface area (Å²) >= 11 is 0. The molecule has 1 fully saturated rings. The number of phenols is 1. The minimum Gasteiger partial charge on any atom is -0.508 e. The lowest BCUT2D eigenvalue weighted by Gasteiger charge is -2.24. The van der Waals surface area contributed by atoms with Crippen LogP contribution in [0.5, 0.6) is 11.5 Å². The van der Waals surface area contributed by atoms with Gasteiger partial charge in [-0.15, -0.1) is 0 Å². The number of carbonyl (C=O) groups is 2. The van der Waals surface area contributed by atoms with Crippen LogP contribution in [0.25, 0.3) is 0 Å². The van der Waals surface area contributed by atoms with Crippen molar-refractivity contribution in [2.24, 2.45) is 5.92 Å². The van der Waals surface area contributed by atoms with E-state index in [2.05, 4.69) is 0 Å². The maximum Gasteiger partial charge on any atom is 0.254 e. The molecule has 0 radical (unpaired) electrons. The molecule has 1 aliphatic carbocycles. The molecule has 0 unspecified atom stereocenters. The molecule has 1 heterocycles. The molecule has 1 N–H and O–H groups in total. The lowest BCUT2D eigenvalue weighted by atomic mass is 10.1. The number of hydrogen-bond donors (Lipinski definition) is 1. The summed E-state index contributed by atoms with van der Waals surface area (Å²) in [5, 5.41) is 9.51. The van der Waals surface area contributed by atoms with Gasteiger partial charge in [-0.3, -0.25) is 9.59 Å². The zero-order valence-corrected chi connectivity index (χ0v) is 18.3. The van der Waals surface area contributed by atoms with Crippen LogP contribution in [0.4, 0.5) is 5.69 Å². The van der Waals surface area contributed by atoms with Crippen LogP contribution in [0.1, 0.15) is 34.3 Å². The number of benzene rings is 3. The largest absolute Gasteiger partial charge is 0.508 e. The van der Waals surface area contributed by atoms with Gasteiger partial charge in [-0.25, -0.2) is 0 Å². The number of carbonyl (C=O) groups excluding carboxylic acids is 2. The van der Waals surface area contributed by atoms with E-state index >= 15 is 0 Å². The van der Waals surface area contributed by atoms with Crippen molar-refractivity contribution in [2.75, 3.05) is 18.1 Å². The standard InChI is InChI=1S/C27H26N2O4/c30-24-11-9-20(10-12-24)26(31)28-14-15-33-25-13-6-19(16-22(25)18-28)17-29(27(32)21-7-8-21)23-4-2-1-3-5-23/h1-6,9-13,16,21,30H,7-8,14-15,17-18H2. The van der Waals surface area contributed by atoms with E-state index in [1.54, 1.807) is 17.0 Å². The molecule has 2 amide bonds. The van der Waals surface area contributed by atoms with Crippen molar-refractivity contribution in [3.8, 4) is 11.5 Å². The van der Waals surface area contributed by atoms with Gasteiger partial charge in [0, 0.05) is 29.3 Å². The van der Waals surface area contributed by atoms with Gasteiger partial charge in [-0.1, -0.05) is 24.3 Å². The number of anilines is 1. The molecule has 5 rings (SSSR count). The van der Waals surface area contributed by atoms with E-state index in [1.807, 2.05) is 53.4 Å². The number of aromatic hydroxyl groups is 1. The smallest absolute Gasteiger partial charge is 0.254 e. The maximum absolute atomic E-state index is 13.0. The SMILES string of the molecule is O=C(c1ccc(O)cc1)N1CCOc2ccc(CN(C(=O)C3CC3)c3ccccc3)cc2C1. The molecule has 1 saturated carbocycles. The fourth-order valence-corrected chi connectivity index (χ4v) is 4.14. The molecule has 3 aromatic rings.